The van der Waals surface area contributed by atoms with Crippen LogP contribution in [0.1, 0.15) is 72.1 Å². The predicted molar refractivity (Wildman–Crippen MR) is 138 cm³/mol. The zero-order valence-electron chi connectivity index (χ0n) is 22.1. The van der Waals surface area contributed by atoms with Crippen molar-refractivity contribution < 1.29 is 28.5 Å². The van der Waals surface area contributed by atoms with Crippen LogP contribution >= 0.6 is 0 Å². The fourth-order valence-corrected chi connectivity index (χ4v) is 5.40. The molecule has 1 heterocycles. The van der Waals surface area contributed by atoms with Gasteiger partial charge < -0.3 is 23.7 Å². The number of carbonyl (C=O) groups is 1. The maximum atomic E-state index is 11.6. The number of aliphatic hydroxyl groups is 1. The minimum atomic E-state index is -1.91. The Balaban J connectivity index is 1.95. The smallest absolute Gasteiger partial charge is 0.306 e. The number of hydrogen-bond acceptors (Lipinski definition) is 6. The van der Waals surface area contributed by atoms with E-state index in [4.69, 9.17) is 18.6 Å². The van der Waals surface area contributed by atoms with Gasteiger partial charge in [0.15, 0.2) is 14.6 Å². The van der Waals surface area contributed by atoms with E-state index in [0.29, 0.717) is 19.4 Å². The minimum Gasteiger partial charge on any atom is -0.461 e. The summed E-state index contributed by atoms with van der Waals surface area (Å²) in [6.45, 7) is 16.5. The lowest BCUT2D eigenvalue weighted by molar-refractivity contribution is -0.197. The van der Waals surface area contributed by atoms with Crippen LogP contribution < -0.4 is 0 Å². The van der Waals surface area contributed by atoms with Crippen molar-refractivity contribution >= 4 is 14.3 Å². The van der Waals surface area contributed by atoms with Crippen LogP contribution in [0.25, 0.3) is 0 Å². The molecule has 1 saturated carbocycles. The molecule has 1 aliphatic heterocycles. The molecular weight excluding hydrogens is 448 g/mol. The van der Waals surface area contributed by atoms with Crippen LogP contribution in [0, 0.1) is 11.8 Å². The number of ether oxygens (including phenoxy) is 3. The normalized spacial score (nSPS) is 28.4. The third-order valence-electron chi connectivity index (χ3n) is 7.59. The number of allylic oxidation sites excluding steroid dienone is 2. The van der Waals surface area contributed by atoms with Crippen molar-refractivity contribution in [3.05, 3.63) is 24.8 Å². The van der Waals surface area contributed by atoms with Crippen LogP contribution in [-0.2, 0) is 23.4 Å². The molecular formula is C27H48O6Si. The predicted octanol–water partition coefficient (Wildman–Crippen LogP) is 5.76. The van der Waals surface area contributed by atoms with Gasteiger partial charge in [-0.05, 0) is 62.6 Å². The molecule has 5 atom stereocenters. The first-order valence-electron chi connectivity index (χ1n) is 13.1. The Labute approximate surface area is 208 Å². The monoisotopic (exact) mass is 496 g/mol. The highest BCUT2D eigenvalue weighted by Crippen LogP contribution is 2.42. The van der Waals surface area contributed by atoms with Gasteiger partial charge in [0, 0.05) is 32.0 Å². The summed E-state index contributed by atoms with van der Waals surface area (Å²) in [6, 6.07) is 0. The van der Waals surface area contributed by atoms with Gasteiger partial charge in [-0.15, -0.1) is 0 Å². The summed E-state index contributed by atoms with van der Waals surface area (Å²) in [5, 5.41) is 11.1. The summed E-state index contributed by atoms with van der Waals surface area (Å²) in [5.74, 6) is 0.0348. The molecule has 0 radical (unpaired) electrons. The van der Waals surface area contributed by atoms with E-state index in [-0.39, 0.29) is 41.8 Å². The van der Waals surface area contributed by atoms with E-state index < -0.39 is 14.4 Å². The van der Waals surface area contributed by atoms with Crippen LogP contribution in [-0.4, -0.2) is 57.7 Å². The molecule has 0 aromatic heterocycles. The first-order chi connectivity index (χ1) is 16.0. The van der Waals surface area contributed by atoms with Gasteiger partial charge in [-0.1, -0.05) is 45.6 Å². The van der Waals surface area contributed by atoms with E-state index in [1.807, 2.05) is 0 Å². The number of hydrogen-bond donors (Lipinski definition) is 1. The zero-order valence-corrected chi connectivity index (χ0v) is 23.1. The molecule has 34 heavy (non-hydrogen) atoms. The fourth-order valence-electron chi connectivity index (χ4n) is 4.36. The lowest BCUT2D eigenvalue weighted by Gasteiger charge is -2.38. The van der Waals surface area contributed by atoms with Crippen molar-refractivity contribution in [2.45, 2.75) is 109 Å². The second kappa shape index (κ2) is 13.9. The van der Waals surface area contributed by atoms with Gasteiger partial charge in [-0.2, -0.15) is 0 Å². The summed E-state index contributed by atoms with van der Waals surface area (Å²) in [7, 11) is -1.91. The minimum absolute atomic E-state index is 0.0547. The number of aliphatic hydroxyl groups excluding tert-OH is 1. The molecule has 1 saturated heterocycles. The van der Waals surface area contributed by atoms with Gasteiger partial charge in [0.1, 0.15) is 6.61 Å². The largest absolute Gasteiger partial charge is 0.461 e. The lowest BCUT2D eigenvalue weighted by Crippen LogP contribution is -2.44. The molecule has 2 rings (SSSR count). The van der Waals surface area contributed by atoms with Crippen LogP contribution in [0.5, 0.6) is 0 Å². The third kappa shape index (κ3) is 9.23. The highest BCUT2D eigenvalue weighted by molar-refractivity contribution is 6.74. The molecule has 2 aliphatic rings. The SMILES string of the molecule is C=CCOC(=O)CCCC=CC[C@@H]1[C@@H](CO[Si](C)(C)C(C)(C)C)[C@H](OC2CCCCO2)C[C@@H]1O. The number of carbonyl (C=O) groups excluding carboxylic acids is 1. The Morgan fingerprint density at radius 3 is 2.62 bits per heavy atom. The van der Waals surface area contributed by atoms with E-state index in [0.717, 1.165) is 45.1 Å². The summed E-state index contributed by atoms with van der Waals surface area (Å²) in [6.07, 6.45) is 11.7. The standard InChI is InChI=1S/C27H48O6Si/c1-7-17-30-25(29)15-11-9-8-10-14-21-22(20-32-34(5,6)27(2,3)4)24(19-23(21)28)33-26-16-12-13-18-31-26/h7-8,10,21-24,26,28H,1,9,11-20H2,2-6H3/t21-,22-,23+,24-,26?/m1/s1. The Kier molecular flexibility index (Phi) is 12.0. The van der Waals surface area contributed by atoms with Crippen LogP contribution in [0.2, 0.25) is 18.1 Å². The molecule has 0 spiro atoms. The Hall–Kier alpha value is -0.993. The van der Waals surface area contributed by atoms with Gasteiger partial charge in [0.05, 0.1) is 12.2 Å². The first kappa shape index (κ1) is 29.2. The second-order valence-corrected chi connectivity index (χ2v) is 16.1. The first-order valence-corrected chi connectivity index (χ1v) is 16.0. The maximum absolute atomic E-state index is 11.6. The highest BCUT2D eigenvalue weighted by Gasteiger charge is 2.46. The van der Waals surface area contributed by atoms with Crippen molar-refractivity contribution in [3.8, 4) is 0 Å². The van der Waals surface area contributed by atoms with Crippen molar-refractivity contribution in [2.24, 2.45) is 11.8 Å². The Morgan fingerprint density at radius 2 is 1.97 bits per heavy atom. The average Bonchev–Trinajstić information content (AvgIpc) is 3.07. The van der Waals surface area contributed by atoms with Crippen molar-refractivity contribution in [2.75, 3.05) is 19.8 Å². The molecule has 196 valence electrons. The van der Waals surface area contributed by atoms with Crippen LogP contribution in [0.4, 0.5) is 0 Å². The molecule has 0 amide bonds. The van der Waals surface area contributed by atoms with Crippen molar-refractivity contribution in [3.63, 3.8) is 0 Å². The van der Waals surface area contributed by atoms with E-state index in [1.165, 1.54) is 0 Å². The molecule has 7 heteroatoms. The van der Waals surface area contributed by atoms with Gasteiger partial charge >= 0.3 is 5.97 Å². The van der Waals surface area contributed by atoms with Gasteiger partial charge in [-0.3, -0.25) is 4.79 Å². The summed E-state index contributed by atoms with van der Waals surface area (Å²) in [4.78, 5) is 11.6. The molecule has 1 aliphatic carbocycles. The topological polar surface area (TPSA) is 74.2 Å². The van der Waals surface area contributed by atoms with Gasteiger partial charge in [0.25, 0.3) is 0 Å². The average molecular weight is 497 g/mol. The van der Waals surface area contributed by atoms with Gasteiger partial charge in [0.2, 0.25) is 0 Å². The summed E-state index contributed by atoms with van der Waals surface area (Å²) >= 11 is 0. The molecule has 0 aromatic carbocycles. The maximum Gasteiger partial charge on any atom is 0.306 e. The van der Waals surface area contributed by atoms with E-state index in [1.54, 1.807) is 6.08 Å². The molecule has 6 nitrogen and oxygen atoms in total. The molecule has 1 N–H and O–H groups in total. The third-order valence-corrected chi connectivity index (χ3v) is 12.1. The number of rotatable bonds is 13. The second-order valence-electron chi connectivity index (χ2n) is 11.2. The molecule has 1 unspecified atom stereocenters. The zero-order chi connectivity index (χ0) is 25.2. The van der Waals surface area contributed by atoms with E-state index >= 15 is 0 Å². The summed E-state index contributed by atoms with van der Waals surface area (Å²) in [5.41, 5.74) is 0. The van der Waals surface area contributed by atoms with Crippen LogP contribution in [0.15, 0.2) is 24.8 Å². The highest BCUT2D eigenvalue weighted by atomic mass is 28.4. The molecule has 0 bridgehead atoms. The van der Waals surface area contributed by atoms with E-state index in [2.05, 4.69) is 52.6 Å². The van der Waals surface area contributed by atoms with E-state index in [9.17, 15) is 9.90 Å². The number of unbranched alkanes of at least 4 members (excludes halogenated alkanes) is 1. The molecule has 2 fully saturated rings. The molecule has 0 aromatic rings. The quantitative estimate of drug-likeness (QED) is 0.151. The Morgan fingerprint density at radius 1 is 1.21 bits per heavy atom. The van der Waals surface area contributed by atoms with Crippen molar-refractivity contribution in [1.82, 2.24) is 0 Å². The van der Waals surface area contributed by atoms with Crippen molar-refractivity contribution in [1.29, 1.82) is 0 Å². The van der Waals surface area contributed by atoms with Gasteiger partial charge in [-0.25, -0.2) is 0 Å². The number of esters is 1. The fraction of sp³-hybridized carbons (Fsp3) is 0.815. The lowest BCUT2D eigenvalue weighted by atomic mass is 9.91. The Bertz CT molecular complexity index is 650. The van der Waals surface area contributed by atoms with Crippen LogP contribution in [0.3, 0.4) is 0 Å². The summed E-state index contributed by atoms with van der Waals surface area (Å²) < 4.78 is 23.8.